The van der Waals surface area contributed by atoms with Gasteiger partial charge in [-0.15, -0.1) is 0 Å². The van der Waals surface area contributed by atoms with E-state index < -0.39 is 17.2 Å². The minimum absolute atomic E-state index is 0.0457. The highest BCUT2D eigenvalue weighted by atomic mass is 32.2. The second-order valence-electron chi connectivity index (χ2n) is 8.05. The van der Waals surface area contributed by atoms with Crippen LogP contribution in [0.4, 0.5) is 8.78 Å². The fraction of sp³-hybridized carbons (Fsp3) is 0.375. The number of hydrogen-bond donors (Lipinski definition) is 1. The molecule has 0 unspecified atom stereocenters. The van der Waals surface area contributed by atoms with Gasteiger partial charge < -0.3 is 5.32 Å². The topological polar surface area (TPSA) is 64.0 Å². The molecule has 0 spiro atoms. The summed E-state index contributed by atoms with van der Waals surface area (Å²) in [4.78, 5) is 30.3. The highest BCUT2D eigenvalue weighted by Gasteiger charge is 2.19. The Morgan fingerprint density at radius 1 is 1.06 bits per heavy atom. The van der Waals surface area contributed by atoms with E-state index in [4.69, 9.17) is 0 Å². The lowest BCUT2D eigenvalue weighted by molar-refractivity contribution is -0.119. The molecule has 8 heteroatoms. The van der Waals surface area contributed by atoms with Crippen LogP contribution in [0, 0.1) is 11.6 Å². The highest BCUT2D eigenvalue weighted by Crippen LogP contribution is 2.24. The van der Waals surface area contributed by atoms with Gasteiger partial charge in [-0.25, -0.2) is 13.8 Å². The van der Waals surface area contributed by atoms with E-state index in [1.54, 1.807) is 24.3 Å². The second-order valence-corrected chi connectivity index (χ2v) is 8.99. The Morgan fingerprint density at radius 3 is 2.53 bits per heavy atom. The number of benzene rings is 2. The van der Waals surface area contributed by atoms with E-state index in [-0.39, 0.29) is 28.5 Å². The average Bonchev–Trinajstić information content (AvgIpc) is 2.75. The predicted octanol–water partition coefficient (Wildman–Crippen LogP) is 4.99. The number of amides is 1. The molecule has 1 N–H and O–H groups in total. The third-order valence-corrected chi connectivity index (χ3v) is 6.64. The van der Waals surface area contributed by atoms with Gasteiger partial charge in [0, 0.05) is 12.1 Å². The molecule has 1 fully saturated rings. The third kappa shape index (κ3) is 5.18. The number of hydrogen-bond acceptors (Lipinski definition) is 4. The summed E-state index contributed by atoms with van der Waals surface area (Å²) in [6.07, 6.45) is 7.78. The first-order chi connectivity index (χ1) is 15.5. The van der Waals surface area contributed by atoms with Gasteiger partial charge in [-0.3, -0.25) is 14.2 Å². The Bertz CT molecular complexity index is 1170. The molecule has 1 aromatic heterocycles. The molecule has 1 heterocycles. The van der Waals surface area contributed by atoms with Crippen LogP contribution in [0.3, 0.4) is 0 Å². The molecule has 1 aliphatic carbocycles. The maximum atomic E-state index is 14.6. The number of aromatic nitrogens is 2. The Kier molecular flexibility index (Phi) is 7.19. The van der Waals surface area contributed by atoms with Gasteiger partial charge in [0.1, 0.15) is 11.6 Å². The van der Waals surface area contributed by atoms with E-state index >= 15 is 0 Å². The van der Waals surface area contributed by atoms with Gasteiger partial charge in [0.15, 0.2) is 5.16 Å². The van der Waals surface area contributed by atoms with Crippen LogP contribution in [0.2, 0.25) is 0 Å². The highest BCUT2D eigenvalue weighted by molar-refractivity contribution is 7.99. The fourth-order valence-electron chi connectivity index (χ4n) is 4.08. The molecule has 0 bridgehead atoms. The number of thioether (sulfide) groups is 1. The largest absolute Gasteiger partial charge is 0.353 e. The van der Waals surface area contributed by atoms with Crippen molar-refractivity contribution in [1.82, 2.24) is 14.9 Å². The van der Waals surface area contributed by atoms with Gasteiger partial charge in [0.2, 0.25) is 5.91 Å². The van der Waals surface area contributed by atoms with Crippen molar-refractivity contribution in [1.29, 1.82) is 0 Å². The van der Waals surface area contributed by atoms with Gasteiger partial charge >= 0.3 is 0 Å². The van der Waals surface area contributed by atoms with Gasteiger partial charge in [-0.05, 0) is 37.1 Å². The molecule has 0 aliphatic heterocycles. The zero-order chi connectivity index (χ0) is 22.5. The maximum absolute atomic E-state index is 14.6. The van der Waals surface area contributed by atoms with E-state index in [2.05, 4.69) is 10.3 Å². The summed E-state index contributed by atoms with van der Waals surface area (Å²) < 4.78 is 29.1. The lowest BCUT2D eigenvalue weighted by atomic mass is 9.97. The number of halogens is 2. The number of fused-ring (bicyclic) bond motifs is 1. The second kappa shape index (κ2) is 10.3. The Hall–Kier alpha value is -2.74. The summed E-state index contributed by atoms with van der Waals surface area (Å²) in [7, 11) is 0. The van der Waals surface area contributed by atoms with Crippen LogP contribution in [0.1, 0.15) is 44.9 Å². The Labute approximate surface area is 189 Å². The Morgan fingerprint density at radius 2 is 1.78 bits per heavy atom. The van der Waals surface area contributed by atoms with E-state index in [0.29, 0.717) is 10.9 Å². The van der Waals surface area contributed by atoms with E-state index in [9.17, 15) is 18.4 Å². The SMILES string of the molecule is O=C(CSc1nc2ccccc2c(=O)n1-c1ccc(F)cc1F)NC1CCCCCCC1. The first-order valence-electron chi connectivity index (χ1n) is 10.9. The molecule has 1 saturated carbocycles. The number of rotatable bonds is 5. The molecule has 2 aromatic carbocycles. The molecule has 168 valence electrons. The average molecular weight is 458 g/mol. The van der Waals surface area contributed by atoms with Crippen LogP contribution in [-0.4, -0.2) is 27.3 Å². The Balaban J connectivity index is 1.61. The summed E-state index contributed by atoms with van der Waals surface area (Å²) >= 11 is 1.07. The molecule has 1 aliphatic rings. The standard InChI is InChI=1S/C24H25F2N3O2S/c25-16-12-13-21(19(26)14-16)29-23(31)18-10-6-7-11-20(18)28-24(29)32-15-22(30)27-17-8-4-2-1-3-5-9-17/h6-7,10-14,17H,1-5,8-9,15H2,(H,27,30). The van der Waals surface area contributed by atoms with Crippen molar-refractivity contribution in [3.05, 3.63) is 64.5 Å². The number of nitrogens with zero attached hydrogens (tertiary/aromatic N) is 2. The smallest absolute Gasteiger partial charge is 0.266 e. The molecule has 0 atom stereocenters. The number of nitrogens with one attached hydrogen (secondary N) is 1. The van der Waals surface area contributed by atoms with Crippen molar-refractivity contribution in [2.75, 3.05) is 5.75 Å². The van der Waals surface area contributed by atoms with Crippen LogP contribution in [0.25, 0.3) is 16.6 Å². The molecule has 32 heavy (non-hydrogen) atoms. The lowest BCUT2D eigenvalue weighted by Crippen LogP contribution is -2.36. The van der Waals surface area contributed by atoms with Gasteiger partial charge in [0.05, 0.1) is 22.3 Å². The van der Waals surface area contributed by atoms with Gasteiger partial charge in [-0.2, -0.15) is 0 Å². The van der Waals surface area contributed by atoms with Crippen molar-refractivity contribution in [2.24, 2.45) is 0 Å². The van der Waals surface area contributed by atoms with Crippen molar-refractivity contribution in [3.8, 4) is 5.69 Å². The quantitative estimate of drug-likeness (QED) is 0.433. The van der Waals surface area contributed by atoms with Crippen LogP contribution < -0.4 is 10.9 Å². The predicted molar refractivity (Wildman–Crippen MR) is 122 cm³/mol. The van der Waals surface area contributed by atoms with Crippen molar-refractivity contribution in [3.63, 3.8) is 0 Å². The minimum atomic E-state index is -0.870. The number of carbonyl (C=O) groups excluding carboxylic acids is 1. The molecule has 4 rings (SSSR count). The first-order valence-corrected chi connectivity index (χ1v) is 11.9. The van der Waals surface area contributed by atoms with Crippen LogP contribution in [0.5, 0.6) is 0 Å². The van der Waals surface area contributed by atoms with Crippen LogP contribution >= 0.6 is 11.8 Å². The summed E-state index contributed by atoms with van der Waals surface area (Å²) in [6, 6.07) is 9.95. The number of para-hydroxylation sites is 1. The normalized spacial score (nSPS) is 15.3. The third-order valence-electron chi connectivity index (χ3n) is 5.70. The van der Waals surface area contributed by atoms with Crippen molar-refractivity contribution >= 4 is 28.6 Å². The van der Waals surface area contributed by atoms with E-state index in [1.165, 1.54) is 25.3 Å². The monoisotopic (exact) mass is 457 g/mol. The molecule has 0 radical (unpaired) electrons. The molecule has 1 amide bonds. The zero-order valence-electron chi connectivity index (χ0n) is 17.7. The first kappa shape index (κ1) is 22.5. The van der Waals surface area contributed by atoms with Crippen LogP contribution in [-0.2, 0) is 4.79 Å². The fourth-order valence-corrected chi connectivity index (χ4v) is 4.90. The lowest BCUT2D eigenvalue weighted by Gasteiger charge is -2.21. The van der Waals surface area contributed by atoms with Crippen molar-refractivity contribution < 1.29 is 13.6 Å². The maximum Gasteiger partial charge on any atom is 0.266 e. The molecule has 3 aromatic rings. The van der Waals surface area contributed by atoms with E-state index in [1.807, 2.05) is 0 Å². The molecular weight excluding hydrogens is 432 g/mol. The van der Waals surface area contributed by atoms with Crippen molar-refractivity contribution in [2.45, 2.75) is 56.1 Å². The van der Waals surface area contributed by atoms with E-state index in [0.717, 1.165) is 54.1 Å². The minimum Gasteiger partial charge on any atom is -0.353 e. The summed E-state index contributed by atoms with van der Waals surface area (Å²) in [6.45, 7) is 0. The molecule has 5 nitrogen and oxygen atoms in total. The van der Waals surface area contributed by atoms with Crippen LogP contribution in [0.15, 0.2) is 52.4 Å². The summed E-state index contributed by atoms with van der Waals surface area (Å²) in [5.41, 5.74) is -0.110. The van der Waals surface area contributed by atoms with Gasteiger partial charge in [0.25, 0.3) is 5.56 Å². The zero-order valence-corrected chi connectivity index (χ0v) is 18.5. The summed E-state index contributed by atoms with van der Waals surface area (Å²) in [5.74, 6) is -1.70. The molecular formula is C24H25F2N3O2S. The van der Waals surface area contributed by atoms with Gasteiger partial charge in [-0.1, -0.05) is 56.0 Å². The summed E-state index contributed by atoms with van der Waals surface area (Å²) in [5, 5.41) is 3.59. The number of carbonyl (C=O) groups is 1. The molecule has 0 saturated heterocycles.